The summed E-state index contributed by atoms with van der Waals surface area (Å²) < 4.78 is 0. The van der Waals surface area contributed by atoms with Gasteiger partial charge in [0.1, 0.15) is 5.01 Å². The van der Waals surface area contributed by atoms with Gasteiger partial charge in [0.25, 0.3) is 0 Å². The van der Waals surface area contributed by atoms with Gasteiger partial charge in [0.05, 0.1) is 11.2 Å². The van der Waals surface area contributed by atoms with Crippen molar-refractivity contribution in [1.29, 1.82) is 0 Å². The number of aryl methyl sites for hydroxylation is 1. The highest BCUT2D eigenvalue weighted by molar-refractivity contribution is 7.98. The number of fused-ring (bicyclic) bond motifs is 1. The molecule has 1 aromatic rings. The van der Waals surface area contributed by atoms with Crippen LogP contribution in [0.3, 0.4) is 0 Å². The predicted molar refractivity (Wildman–Crippen MR) is 70.9 cm³/mol. The molecule has 2 N–H and O–H groups in total. The molecule has 4 heteroatoms. The third-order valence-electron chi connectivity index (χ3n) is 3.67. The van der Waals surface area contributed by atoms with Crippen LogP contribution in [0.1, 0.15) is 47.7 Å². The van der Waals surface area contributed by atoms with Crippen LogP contribution in [0, 0.1) is 0 Å². The van der Waals surface area contributed by atoms with Crippen molar-refractivity contribution >= 4 is 23.1 Å². The van der Waals surface area contributed by atoms with Gasteiger partial charge in [0.2, 0.25) is 0 Å². The van der Waals surface area contributed by atoms with Gasteiger partial charge >= 0.3 is 0 Å². The Bertz CT molecular complexity index is 357. The largest absolute Gasteiger partial charge is 0.319 e. The van der Waals surface area contributed by atoms with Crippen molar-refractivity contribution < 1.29 is 0 Å². The summed E-state index contributed by atoms with van der Waals surface area (Å²) in [6.45, 7) is 0. The van der Waals surface area contributed by atoms with E-state index >= 15 is 0 Å². The maximum atomic E-state index is 6.53. The fourth-order valence-electron chi connectivity index (χ4n) is 2.63. The van der Waals surface area contributed by atoms with Gasteiger partial charge in [0, 0.05) is 10.6 Å². The highest BCUT2D eigenvalue weighted by atomic mass is 32.2. The lowest BCUT2D eigenvalue weighted by Gasteiger charge is -2.31. The van der Waals surface area contributed by atoms with Crippen molar-refractivity contribution in [2.75, 3.05) is 5.75 Å². The summed E-state index contributed by atoms with van der Waals surface area (Å²) >= 11 is 3.91. The van der Waals surface area contributed by atoms with E-state index < -0.39 is 0 Å². The van der Waals surface area contributed by atoms with Crippen LogP contribution in [-0.4, -0.2) is 10.7 Å². The van der Waals surface area contributed by atoms with Gasteiger partial charge in [-0.15, -0.1) is 11.3 Å². The smallest absolute Gasteiger partial charge is 0.113 e. The van der Waals surface area contributed by atoms with Crippen molar-refractivity contribution in [3.05, 3.63) is 15.6 Å². The molecule has 2 heterocycles. The zero-order valence-corrected chi connectivity index (χ0v) is 11.1. The van der Waals surface area contributed by atoms with Gasteiger partial charge in [-0.25, -0.2) is 4.98 Å². The maximum Gasteiger partial charge on any atom is 0.113 e. The molecule has 0 bridgehead atoms. The first kappa shape index (κ1) is 11.1. The number of aromatic nitrogens is 1. The van der Waals surface area contributed by atoms with Gasteiger partial charge in [-0.3, -0.25) is 0 Å². The number of rotatable bonds is 1. The van der Waals surface area contributed by atoms with Crippen LogP contribution in [0.15, 0.2) is 0 Å². The Hall–Kier alpha value is -0.0600. The van der Waals surface area contributed by atoms with Crippen molar-refractivity contribution in [1.82, 2.24) is 4.98 Å². The summed E-state index contributed by atoms with van der Waals surface area (Å²) in [6.07, 6.45) is 7.30. The molecule has 88 valence electrons. The zero-order chi connectivity index (χ0) is 11.0. The summed E-state index contributed by atoms with van der Waals surface area (Å²) in [7, 11) is 0. The predicted octanol–water partition coefficient (Wildman–Crippen LogP) is 3.05. The summed E-state index contributed by atoms with van der Waals surface area (Å²) in [5, 5.41) is 1.22. The highest BCUT2D eigenvalue weighted by Gasteiger charge is 2.33. The van der Waals surface area contributed by atoms with E-state index in [2.05, 4.69) is 0 Å². The first-order valence-corrected chi connectivity index (χ1v) is 8.11. The Balaban J connectivity index is 1.90. The van der Waals surface area contributed by atoms with Gasteiger partial charge in [0.15, 0.2) is 0 Å². The molecule has 0 amide bonds. The van der Waals surface area contributed by atoms with Crippen molar-refractivity contribution in [3.63, 3.8) is 0 Å². The molecule has 2 nitrogen and oxygen atoms in total. The van der Waals surface area contributed by atoms with Gasteiger partial charge < -0.3 is 5.73 Å². The number of nitrogens with two attached hydrogens (primary N) is 1. The lowest BCUT2D eigenvalue weighted by Crippen LogP contribution is -2.38. The van der Waals surface area contributed by atoms with Crippen molar-refractivity contribution in [3.8, 4) is 0 Å². The van der Waals surface area contributed by atoms with Crippen LogP contribution < -0.4 is 5.73 Å². The quantitative estimate of drug-likeness (QED) is 0.837. The van der Waals surface area contributed by atoms with Gasteiger partial charge in [-0.2, -0.15) is 11.8 Å². The summed E-state index contributed by atoms with van der Waals surface area (Å²) in [5.74, 6) is 2.39. The minimum Gasteiger partial charge on any atom is -0.319 e. The molecule has 0 saturated heterocycles. The average Bonchev–Trinajstić information content (AvgIpc) is 2.74. The fourth-order valence-corrected chi connectivity index (χ4v) is 5.02. The van der Waals surface area contributed by atoms with Crippen LogP contribution in [0.4, 0.5) is 0 Å². The average molecular weight is 254 g/mol. The Kier molecular flexibility index (Phi) is 2.98. The van der Waals surface area contributed by atoms with Crippen LogP contribution in [0.5, 0.6) is 0 Å². The van der Waals surface area contributed by atoms with Gasteiger partial charge in [-0.1, -0.05) is 19.3 Å². The second-order valence-electron chi connectivity index (χ2n) is 4.91. The molecule has 1 fully saturated rings. The first-order chi connectivity index (χ1) is 7.78. The first-order valence-electron chi connectivity index (χ1n) is 6.14. The Morgan fingerprint density at radius 3 is 2.75 bits per heavy atom. The molecule has 1 aliphatic heterocycles. The fraction of sp³-hybridized carbons (Fsp3) is 0.750. The number of nitrogens with zero attached hydrogens (tertiary/aromatic N) is 1. The molecule has 0 spiro atoms. The molecule has 0 unspecified atom stereocenters. The lowest BCUT2D eigenvalue weighted by atomic mass is 9.83. The molecule has 3 rings (SSSR count). The third kappa shape index (κ3) is 1.91. The van der Waals surface area contributed by atoms with Gasteiger partial charge in [-0.05, 0) is 25.0 Å². The lowest BCUT2D eigenvalue weighted by molar-refractivity contribution is 0.301. The Labute approximate surface area is 105 Å². The molecule has 1 aromatic heterocycles. The van der Waals surface area contributed by atoms with E-state index in [0.717, 1.165) is 25.0 Å². The Morgan fingerprint density at radius 1 is 1.19 bits per heavy atom. The third-order valence-corrected chi connectivity index (χ3v) is 6.15. The number of thiazole rings is 1. The van der Waals surface area contributed by atoms with E-state index in [0.29, 0.717) is 0 Å². The van der Waals surface area contributed by atoms with E-state index in [1.807, 2.05) is 23.1 Å². The molecule has 1 aliphatic carbocycles. The Morgan fingerprint density at radius 2 is 2.00 bits per heavy atom. The molecular formula is C12H18N2S2. The molecule has 2 aliphatic rings. The molecule has 0 radical (unpaired) electrons. The van der Waals surface area contributed by atoms with E-state index in [1.54, 1.807) is 0 Å². The maximum absolute atomic E-state index is 6.53. The molecular weight excluding hydrogens is 236 g/mol. The summed E-state index contributed by atoms with van der Waals surface area (Å²) in [4.78, 5) is 6.31. The van der Waals surface area contributed by atoms with Crippen LogP contribution in [-0.2, 0) is 17.7 Å². The van der Waals surface area contributed by atoms with Crippen LogP contribution in [0.25, 0.3) is 0 Å². The normalized spacial score (nSPS) is 24.1. The van der Waals surface area contributed by atoms with E-state index in [1.165, 1.54) is 40.6 Å². The zero-order valence-electron chi connectivity index (χ0n) is 9.50. The van der Waals surface area contributed by atoms with Crippen LogP contribution in [0.2, 0.25) is 0 Å². The molecule has 16 heavy (non-hydrogen) atoms. The summed E-state index contributed by atoms with van der Waals surface area (Å²) in [5.41, 5.74) is 7.78. The number of thioether (sulfide) groups is 1. The second-order valence-corrected chi connectivity index (χ2v) is 7.10. The topological polar surface area (TPSA) is 38.9 Å². The summed E-state index contributed by atoms with van der Waals surface area (Å²) in [6, 6.07) is 0. The number of hydrogen-bond donors (Lipinski definition) is 1. The number of hydrogen-bond acceptors (Lipinski definition) is 4. The second kappa shape index (κ2) is 4.31. The standard InChI is InChI=1S/C12H18N2S2/c13-12(5-2-1-3-6-12)11-14-9-4-7-15-8-10(9)16-11/h1-8,13H2. The SMILES string of the molecule is NC1(c2nc3c(s2)CSCC3)CCCCC1. The molecule has 1 saturated carbocycles. The van der Waals surface area contributed by atoms with E-state index in [-0.39, 0.29) is 5.54 Å². The molecule has 0 atom stereocenters. The minimum atomic E-state index is -0.0923. The van der Waals surface area contributed by atoms with Crippen molar-refractivity contribution in [2.24, 2.45) is 5.73 Å². The van der Waals surface area contributed by atoms with Crippen LogP contribution >= 0.6 is 23.1 Å². The van der Waals surface area contributed by atoms with E-state index in [9.17, 15) is 0 Å². The van der Waals surface area contributed by atoms with Crippen molar-refractivity contribution in [2.45, 2.75) is 49.8 Å². The minimum absolute atomic E-state index is 0.0923. The highest BCUT2D eigenvalue weighted by Crippen LogP contribution is 2.39. The van der Waals surface area contributed by atoms with E-state index in [4.69, 9.17) is 10.7 Å². The molecule has 0 aromatic carbocycles. The monoisotopic (exact) mass is 254 g/mol.